The molecule has 1 aliphatic rings. The van der Waals surface area contributed by atoms with Gasteiger partial charge in [-0.1, -0.05) is 18.6 Å². The number of carbonyl (C=O) groups excluding carboxylic acids is 1. The average molecular weight is 276 g/mol. The average Bonchev–Trinajstić information content (AvgIpc) is 2.46. The molecule has 110 valence electrons. The summed E-state index contributed by atoms with van der Waals surface area (Å²) in [5, 5.41) is 3.02. The van der Waals surface area contributed by atoms with Crippen molar-refractivity contribution >= 4 is 5.91 Å². The maximum Gasteiger partial charge on any atom is 0.224 e. The molecule has 0 radical (unpaired) electrons. The fraction of sp³-hybridized carbons (Fsp3) is 0.562. The number of ether oxygens (including phenoxy) is 1. The second-order valence-electron chi connectivity index (χ2n) is 5.62. The summed E-state index contributed by atoms with van der Waals surface area (Å²) in [4.78, 5) is 11.9. The predicted molar refractivity (Wildman–Crippen MR) is 79.6 cm³/mol. The van der Waals surface area contributed by atoms with E-state index in [0.717, 1.165) is 30.7 Å². The molecule has 1 amide bonds. The van der Waals surface area contributed by atoms with Gasteiger partial charge in [-0.15, -0.1) is 0 Å². The third-order valence-electron chi connectivity index (χ3n) is 3.94. The van der Waals surface area contributed by atoms with Crippen molar-refractivity contribution in [1.29, 1.82) is 0 Å². The summed E-state index contributed by atoms with van der Waals surface area (Å²) >= 11 is 0. The minimum atomic E-state index is 0.0781. The second-order valence-corrected chi connectivity index (χ2v) is 5.62. The molecule has 0 heterocycles. The summed E-state index contributed by atoms with van der Waals surface area (Å²) in [5.74, 6) is 1.43. The SMILES string of the molecule is COc1ccc(CC(=O)NCC2CCCC(N)C2)cc1. The number of benzene rings is 1. The third kappa shape index (κ3) is 4.53. The van der Waals surface area contributed by atoms with Crippen LogP contribution in [0.3, 0.4) is 0 Å². The van der Waals surface area contributed by atoms with Crippen molar-refractivity contribution in [3.8, 4) is 5.75 Å². The molecule has 3 N–H and O–H groups in total. The van der Waals surface area contributed by atoms with Gasteiger partial charge in [-0.3, -0.25) is 4.79 Å². The lowest BCUT2D eigenvalue weighted by molar-refractivity contribution is -0.120. The molecule has 0 bridgehead atoms. The Morgan fingerprint density at radius 2 is 2.10 bits per heavy atom. The molecule has 1 saturated carbocycles. The van der Waals surface area contributed by atoms with Gasteiger partial charge in [0.2, 0.25) is 5.91 Å². The number of amides is 1. The van der Waals surface area contributed by atoms with Crippen LogP contribution in [0, 0.1) is 5.92 Å². The molecule has 20 heavy (non-hydrogen) atoms. The van der Waals surface area contributed by atoms with E-state index in [2.05, 4.69) is 5.32 Å². The normalized spacial score (nSPS) is 22.3. The summed E-state index contributed by atoms with van der Waals surface area (Å²) in [5.41, 5.74) is 6.96. The first-order valence-electron chi connectivity index (χ1n) is 7.32. The lowest BCUT2D eigenvalue weighted by Gasteiger charge is -2.26. The molecule has 4 heteroatoms. The second kappa shape index (κ2) is 7.29. The summed E-state index contributed by atoms with van der Waals surface area (Å²) in [7, 11) is 1.64. The van der Waals surface area contributed by atoms with Gasteiger partial charge in [-0.25, -0.2) is 0 Å². The van der Waals surface area contributed by atoms with Gasteiger partial charge < -0.3 is 15.8 Å². The molecule has 0 saturated heterocycles. The van der Waals surface area contributed by atoms with E-state index in [9.17, 15) is 4.79 Å². The van der Waals surface area contributed by atoms with Crippen molar-refractivity contribution < 1.29 is 9.53 Å². The van der Waals surface area contributed by atoms with Crippen molar-refractivity contribution in [3.05, 3.63) is 29.8 Å². The van der Waals surface area contributed by atoms with Crippen LogP contribution >= 0.6 is 0 Å². The van der Waals surface area contributed by atoms with E-state index < -0.39 is 0 Å². The zero-order valence-corrected chi connectivity index (χ0v) is 12.1. The lowest BCUT2D eigenvalue weighted by atomic mass is 9.86. The van der Waals surface area contributed by atoms with E-state index in [-0.39, 0.29) is 5.91 Å². The predicted octanol–water partition coefficient (Wildman–Crippen LogP) is 1.87. The van der Waals surface area contributed by atoms with Gasteiger partial charge in [-0.2, -0.15) is 0 Å². The van der Waals surface area contributed by atoms with Crippen LogP contribution in [-0.2, 0) is 11.2 Å². The molecule has 2 rings (SSSR count). The molecule has 1 aromatic rings. The van der Waals surface area contributed by atoms with Crippen LogP contribution in [0.4, 0.5) is 0 Å². The summed E-state index contributed by atoms with van der Waals surface area (Å²) in [6.07, 6.45) is 4.93. The number of nitrogens with two attached hydrogens (primary N) is 1. The minimum absolute atomic E-state index is 0.0781. The fourth-order valence-electron chi connectivity index (χ4n) is 2.77. The Balaban J connectivity index is 1.74. The van der Waals surface area contributed by atoms with Crippen molar-refractivity contribution in [1.82, 2.24) is 5.32 Å². The third-order valence-corrected chi connectivity index (χ3v) is 3.94. The van der Waals surface area contributed by atoms with Crippen molar-refractivity contribution in [3.63, 3.8) is 0 Å². The zero-order chi connectivity index (χ0) is 14.4. The van der Waals surface area contributed by atoms with Gasteiger partial charge in [-0.05, 0) is 42.9 Å². The van der Waals surface area contributed by atoms with Gasteiger partial charge in [0.05, 0.1) is 13.5 Å². The van der Waals surface area contributed by atoms with Gasteiger partial charge in [0.15, 0.2) is 0 Å². The summed E-state index contributed by atoms with van der Waals surface area (Å²) in [6.45, 7) is 0.753. The fourth-order valence-corrected chi connectivity index (χ4v) is 2.77. The van der Waals surface area contributed by atoms with Crippen LogP contribution in [0.1, 0.15) is 31.2 Å². The monoisotopic (exact) mass is 276 g/mol. The Bertz CT molecular complexity index is 431. The van der Waals surface area contributed by atoms with Gasteiger partial charge in [0.1, 0.15) is 5.75 Å². The highest BCUT2D eigenvalue weighted by molar-refractivity contribution is 5.78. The van der Waals surface area contributed by atoms with Gasteiger partial charge >= 0.3 is 0 Å². The highest BCUT2D eigenvalue weighted by Gasteiger charge is 2.19. The van der Waals surface area contributed by atoms with E-state index in [4.69, 9.17) is 10.5 Å². The molecule has 0 aromatic heterocycles. The molecule has 1 aromatic carbocycles. The highest BCUT2D eigenvalue weighted by atomic mass is 16.5. The first-order chi connectivity index (χ1) is 9.67. The highest BCUT2D eigenvalue weighted by Crippen LogP contribution is 2.22. The van der Waals surface area contributed by atoms with Crippen LogP contribution in [0.15, 0.2) is 24.3 Å². The van der Waals surface area contributed by atoms with E-state index in [0.29, 0.717) is 18.4 Å². The van der Waals surface area contributed by atoms with Crippen LogP contribution in [-0.4, -0.2) is 25.6 Å². The Morgan fingerprint density at radius 1 is 1.35 bits per heavy atom. The summed E-state index contributed by atoms with van der Waals surface area (Å²) < 4.78 is 5.10. The molecule has 2 unspecified atom stereocenters. The standard InChI is InChI=1S/C16H24N2O2/c1-20-15-7-5-12(6-8-15)10-16(19)18-11-13-3-2-4-14(17)9-13/h5-8,13-14H,2-4,9-11,17H2,1H3,(H,18,19). The van der Waals surface area contributed by atoms with Gasteiger partial charge in [0, 0.05) is 12.6 Å². The first-order valence-corrected chi connectivity index (χ1v) is 7.32. The van der Waals surface area contributed by atoms with Crippen molar-refractivity contribution in [2.24, 2.45) is 11.7 Å². The quantitative estimate of drug-likeness (QED) is 0.863. The molecule has 0 aliphatic heterocycles. The molecule has 1 fully saturated rings. The van der Waals surface area contributed by atoms with Crippen LogP contribution in [0.2, 0.25) is 0 Å². The zero-order valence-electron chi connectivity index (χ0n) is 12.1. The molecular weight excluding hydrogens is 252 g/mol. The Kier molecular flexibility index (Phi) is 5.41. The Labute approximate surface area is 120 Å². The Hall–Kier alpha value is -1.55. The number of hydrogen-bond donors (Lipinski definition) is 2. The Morgan fingerprint density at radius 3 is 2.75 bits per heavy atom. The largest absolute Gasteiger partial charge is 0.497 e. The number of carbonyl (C=O) groups is 1. The van der Waals surface area contributed by atoms with Crippen molar-refractivity contribution in [2.45, 2.75) is 38.1 Å². The summed E-state index contributed by atoms with van der Waals surface area (Å²) in [6, 6.07) is 7.92. The van der Waals surface area contributed by atoms with E-state index in [1.807, 2.05) is 24.3 Å². The number of methoxy groups -OCH3 is 1. The molecule has 4 nitrogen and oxygen atoms in total. The number of rotatable bonds is 5. The molecule has 2 atom stereocenters. The van der Waals surface area contributed by atoms with E-state index >= 15 is 0 Å². The molecular formula is C16H24N2O2. The van der Waals surface area contributed by atoms with Crippen molar-refractivity contribution in [2.75, 3.05) is 13.7 Å². The molecule has 1 aliphatic carbocycles. The molecule has 0 spiro atoms. The minimum Gasteiger partial charge on any atom is -0.497 e. The maximum absolute atomic E-state index is 11.9. The number of hydrogen-bond acceptors (Lipinski definition) is 3. The topological polar surface area (TPSA) is 64.3 Å². The number of nitrogens with one attached hydrogen (secondary N) is 1. The van der Waals surface area contributed by atoms with Crippen LogP contribution in [0.5, 0.6) is 5.75 Å². The first kappa shape index (κ1) is 14.9. The smallest absolute Gasteiger partial charge is 0.224 e. The maximum atomic E-state index is 11.9. The van der Waals surface area contributed by atoms with Crippen LogP contribution in [0.25, 0.3) is 0 Å². The van der Waals surface area contributed by atoms with E-state index in [1.54, 1.807) is 7.11 Å². The lowest BCUT2D eigenvalue weighted by Crippen LogP contribution is -2.36. The van der Waals surface area contributed by atoms with E-state index in [1.165, 1.54) is 12.8 Å². The van der Waals surface area contributed by atoms with Gasteiger partial charge in [0.25, 0.3) is 0 Å². The van der Waals surface area contributed by atoms with Crippen LogP contribution < -0.4 is 15.8 Å².